The zero-order valence-corrected chi connectivity index (χ0v) is 18.5. The molecule has 0 N–H and O–H groups in total. The number of amides is 1. The summed E-state index contributed by atoms with van der Waals surface area (Å²) in [6, 6.07) is 2.93. The van der Waals surface area contributed by atoms with Crippen molar-refractivity contribution in [1.82, 2.24) is 9.88 Å². The number of fused-ring (bicyclic) bond motifs is 1. The summed E-state index contributed by atoms with van der Waals surface area (Å²) in [6.07, 6.45) is -9.94. The van der Waals surface area contributed by atoms with E-state index >= 15 is 0 Å². The highest BCUT2D eigenvalue weighted by molar-refractivity contribution is 7.90. The number of carbonyl (C=O) groups excluding carboxylic acids is 1. The fourth-order valence-electron chi connectivity index (χ4n) is 4.04. The lowest BCUT2D eigenvalue weighted by atomic mass is 10.1. The molecule has 0 spiro atoms. The molecule has 0 radical (unpaired) electrons. The van der Waals surface area contributed by atoms with Gasteiger partial charge in [0.2, 0.25) is 5.89 Å². The van der Waals surface area contributed by atoms with Crippen LogP contribution in [0.3, 0.4) is 0 Å². The van der Waals surface area contributed by atoms with Crippen molar-refractivity contribution in [3.8, 4) is 5.75 Å². The molecule has 3 unspecified atom stereocenters. The fraction of sp³-hybridized carbons (Fsp3) is 0.500. The van der Waals surface area contributed by atoms with E-state index in [0.29, 0.717) is 12.7 Å². The highest BCUT2D eigenvalue weighted by atomic mass is 32.2. The van der Waals surface area contributed by atoms with E-state index in [1.54, 1.807) is 0 Å². The van der Waals surface area contributed by atoms with E-state index in [0.717, 1.165) is 31.4 Å². The van der Waals surface area contributed by atoms with Gasteiger partial charge in [-0.25, -0.2) is 13.4 Å². The first-order chi connectivity index (χ1) is 15.5. The first-order valence-corrected chi connectivity index (χ1v) is 11.8. The molecule has 3 atom stereocenters. The van der Waals surface area contributed by atoms with Crippen LogP contribution in [-0.2, 0) is 21.4 Å². The van der Waals surface area contributed by atoms with E-state index in [9.17, 15) is 39.6 Å². The van der Waals surface area contributed by atoms with Crippen LogP contribution in [-0.4, -0.2) is 55.8 Å². The molecule has 1 aliphatic carbocycles. The molecular weight excluding hydrogens is 494 g/mol. The van der Waals surface area contributed by atoms with E-state index in [-0.39, 0.29) is 29.8 Å². The third kappa shape index (κ3) is 4.34. The average molecular weight is 512 g/mol. The normalized spacial score (nSPS) is 23.5. The Bertz CT molecular complexity index is 1240. The molecule has 0 bridgehead atoms. The minimum absolute atomic E-state index is 0.0833. The number of rotatable bonds is 5. The quantitative estimate of drug-likeness (QED) is 0.566. The third-order valence-electron chi connectivity index (χ3n) is 6.03. The summed E-state index contributed by atoms with van der Waals surface area (Å²) in [5.41, 5.74) is -2.54. The van der Waals surface area contributed by atoms with Gasteiger partial charge in [0.15, 0.2) is 21.6 Å². The number of sulfone groups is 1. The van der Waals surface area contributed by atoms with Gasteiger partial charge < -0.3 is 14.1 Å². The zero-order valence-electron chi connectivity index (χ0n) is 17.7. The molecular formula is C20H18F6N2O5S. The Labute approximate surface area is 189 Å². The second-order valence-corrected chi connectivity index (χ2v) is 10.5. The predicted octanol–water partition coefficient (Wildman–Crippen LogP) is 3.84. The molecule has 1 aromatic heterocycles. The number of alkyl halides is 6. The summed E-state index contributed by atoms with van der Waals surface area (Å²) in [5.74, 6) is -1.71. The Kier molecular flexibility index (Phi) is 5.46. The molecule has 1 saturated carbocycles. The molecule has 1 aliphatic heterocycles. The van der Waals surface area contributed by atoms with E-state index in [2.05, 4.69) is 4.98 Å². The van der Waals surface area contributed by atoms with Gasteiger partial charge in [0, 0.05) is 19.3 Å². The first-order valence-electron chi connectivity index (χ1n) is 9.92. The molecule has 1 aromatic carbocycles. The van der Waals surface area contributed by atoms with Crippen LogP contribution < -0.4 is 4.74 Å². The number of hydrogen-bond acceptors (Lipinski definition) is 6. The molecule has 2 heterocycles. The summed E-state index contributed by atoms with van der Waals surface area (Å²) in [4.78, 5) is 17.7. The number of ether oxygens (including phenoxy) is 1. The SMILES string of the molecule is CC(Oc1ccc(S(C)(=O)=O)cc1C(=O)N1CC2CC2(c2nc(C(F)(F)F)co2)C1)C(F)(F)F. The van der Waals surface area contributed by atoms with Crippen LogP contribution in [0.2, 0.25) is 0 Å². The van der Waals surface area contributed by atoms with Crippen molar-refractivity contribution in [1.29, 1.82) is 0 Å². The van der Waals surface area contributed by atoms with E-state index in [1.165, 1.54) is 4.90 Å². The van der Waals surface area contributed by atoms with Crippen LogP contribution in [0.4, 0.5) is 26.3 Å². The molecule has 186 valence electrons. The number of carbonyl (C=O) groups is 1. The molecule has 7 nitrogen and oxygen atoms in total. The molecule has 2 fully saturated rings. The minimum Gasteiger partial charge on any atom is -0.480 e. The largest absolute Gasteiger partial charge is 0.480 e. The van der Waals surface area contributed by atoms with Crippen molar-refractivity contribution in [2.75, 3.05) is 19.3 Å². The van der Waals surface area contributed by atoms with Crippen LogP contribution in [0.15, 0.2) is 33.8 Å². The van der Waals surface area contributed by atoms with Crippen LogP contribution >= 0.6 is 0 Å². The van der Waals surface area contributed by atoms with Gasteiger partial charge in [-0.3, -0.25) is 4.79 Å². The molecule has 14 heteroatoms. The van der Waals surface area contributed by atoms with Crippen LogP contribution in [0.1, 0.15) is 35.3 Å². The lowest BCUT2D eigenvalue weighted by Crippen LogP contribution is -2.35. The van der Waals surface area contributed by atoms with Gasteiger partial charge in [-0.15, -0.1) is 0 Å². The monoisotopic (exact) mass is 512 g/mol. The Morgan fingerprint density at radius 1 is 1.26 bits per heavy atom. The lowest BCUT2D eigenvalue weighted by molar-refractivity contribution is -0.189. The van der Waals surface area contributed by atoms with Gasteiger partial charge in [-0.05, 0) is 37.5 Å². The minimum atomic E-state index is -4.74. The Morgan fingerprint density at radius 2 is 1.94 bits per heavy atom. The number of benzene rings is 1. The van der Waals surface area contributed by atoms with Crippen molar-refractivity contribution < 1.29 is 48.7 Å². The average Bonchev–Trinajstić information content (AvgIpc) is 3.07. The smallest absolute Gasteiger partial charge is 0.436 e. The number of likely N-dealkylation sites (tertiary alicyclic amines) is 1. The van der Waals surface area contributed by atoms with E-state index in [1.807, 2.05) is 0 Å². The van der Waals surface area contributed by atoms with Crippen molar-refractivity contribution >= 4 is 15.7 Å². The van der Waals surface area contributed by atoms with E-state index in [4.69, 9.17) is 9.15 Å². The maximum absolute atomic E-state index is 13.2. The fourth-order valence-corrected chi connectivity index (χ4v) is 4.69. The Hall–Kier alpha value is -2.77. The highest BCUT2D eigenvalue weighted by Crippen LogP contribution is 2.59. The van der Waals surface area contributed by atoms with E-state index < -0.39 is 56.6 Å². The topological polar surface area (TPSA) is 89.7 Å². The van der Waals surface area contributed by atoms with Gasteiger partial charge in [-0.1, -0.05) is 0 Å². The van der Waals surface area contributed by atoms with Gasteiger partial charge in [0.25, 0.3) is 5.91 Å². The summed E-state index contributed by atoms with van der Waals surface area (Å²) in [5, 5.41) is 0. The molecule has 4 rings (SSSR count). The number of aromatic nitrogens is 1. The van der Waals surface area contributed by atoms with Crippen molar-refractivity contribution in [3.05, 3.63) is 41.6 Å². The first kappa shape index (κ1) is 24.4. The Balaban J connectivity index is 1.63. The van der Waals surface area contributed by atoms with Crippen molar-refractivity contribution in [2.45, 2.75) is 42.1 Å². The van der Waals surface area contributed by atoms with Gasteiger partial charge in [0.05, 0.1) is 15.9 Å². The lowest BCUT2D eigenvalue weighted by Gasteiger charge is -2.24. The number of nitrogens with zero attached hydrogens (tertiary/aromatic N) is 2. The van der Waals surface area contributed by atoms with Crippen LogP contribution in [0, 0.1) is 5.92 Å². The van der Waals surface area contributed by atoms with Crippen LogP contribution in [0.25, 0.3) is 0 Å². The Morgan fingerprint density at radius 3 is 2.50 bits per heavy atom. The third-order valence-corrected chi connectivity index (χ3v) is 7.14. The molecule has 2 aliphatic rings. The van der Waals surface area contributed by atoms with Crippen molar-refractivity contribution in [2.24, 2.45) is 5.92 Å². The molecule has 1 saturated heterocycles. The number of oxazole rings is 1. The van der Waals surface area contributed by atoms with Gasteiger partial charge in [0.1, 0.15) is 12.0 Å². The standard InChI is InChI=1S/C20H18F6N2O5S/c1-10(19(21,22)23)33-14-4-3-12(34(2,30)31)5-13(14)16(29)28-7-11-6-18(11,9-28)17-27-15(8-32-17)20(24,25)26/h3-5,8,10-11H,6-7,9H2,1-2H3. The summed E-state index contributed by atoms with van der Waals surface area (Å²) >= 11 is 0. The number of halogens is 6. The second kappa shape index (κ2) is 7.62. The van der Waals surface area contributed by atoms with Gasteiger partial charge in [-0.2, -0.15) is 26.3 Å². The summed E-state index contributed by atoms with van der Waals surface area (Å²) < 4.78 is 112. The summed E-state index contributed by atoms with van der Waals surface area (Å²) in [7, 11) is -3.80. The zero-order chi connectivity index (χ0) is 25.3. The molecule has 34 heavy (non-hydrogen) atoms. The summed E-state index contributed by atoms with van der Waals surface area (Å²) in [6.45, 7) is 0.727. The van der Waals surface area contributed by atoms with Crippen LogP contribution in [0.5, 0.6) is 5.75 Å². The maximum atomic E-state index is 13.2. The second-order valence-electron chi connectivity index (χ2n) is 8.51. The number of piperidine rings is 1. The van der Waals surface area contributed by atoms with Gasteiger partial charge >= 0.3 is 12.4 Å². The predicted molar refractivity (Wildman–Crippen MR) is 103 cm³/mol. The molecule has 1 amide bonds. The molecule has 2 aromatic rings. The highest BCUT2D eigenvalue weighted by Gasteiger charge is 2.65. The number of hydrogen-bond donors (Lipinski definition) is 0. The maximum Gasteiger partial charge on any atom is 0.436 e. The van der Waals surface area contributed by atoms with Crippen molar-refractivity contribution in [3.63, 3.8) is 0 Å².